The highest BCUT2D eigenvalue weighted by molar-refractivity contribution is 5.93. The normalized spacial score (nSPS) is 22.1. The zero-order valence-corrected chi connectivity index (χ0v) is 10.5. The molecule has 0 radical (unpaired) electrons. The van der Waals surface area contributed by atoms with Crippen molar-refractivity contribution < 1.29 is 9.53 Å². The second-order valence-electron chi connectivity index (χ2n) is 4.99. The largest absolute Gasteiger partial charge is 0.462 e. The first-order chi connectivity index (χ1) is 8.65. The van der Waals surface area contributed by atoms with Crippen LogP contribution in [0.5, 0.6) is 0 Å². The number of carbonyl (C=O) groups is 1. The molecule has 1 heterocycles. The predicted molar refractivity (Wildman–Crippen MR) is 66.1 cm³/mol. The fourth-order valence-corrected chi connectivity index (χ4v) is 2.05. The zero-order valence-electron chi connectivity index (χ0n) is 10.5. The van der Waals surface area contributed by atoms with Gasteiger partial charge in [-0.3, -0.25) is 0 Å². The first kappa shape index (κ1) is 11.2. The van der Waals surface area contributed by atoms with Crippen molar-refractivity contribution in [1.29, 1.82) is 0 Å². The molecule has 2 atom stereocenters. The molecule has 0 N–H and O–H groups in total. The molecule has 1 saturated carbocycles. The summed E-state index contributed by atoms with van der Waals surface area (Å²) >= 11 is 0. The number of fused-ring (bicyclic) bond motifs is 1. The molecule has 1 aliphatic rings. The van der Waals surface area contributed by atoms with Gasteiger partial charge in [-0.1, -0.05) is 12.1 Å². The molecule has 0 unspecified atom stereocenters. The number of nitrogens with zero attached hydrogens (tertiary/aromatic N) is 3. The number of benzene rings is 1. The van der Waals surface area contributed by atoms with E-state index in [1.165, 1.54) is 0 Å². The quantitative estimate of drug-likeness (QED) is 0.773. The van der Waals surface area contributed by atoms with Crippen LogP contribution in [0.3, 0.4) is 0 Å². The van der Waals surface area contributed by atoms with Crippen molar-refractivity contribution in [2.75, 3.05) is 6.61 Å². The Morgan fingerprint density at radius 1 is 1.56 bits per heavy atom. The highest BCUT2D eigenvalue weighted by Gasteiger charge is 2.33. The van der Waals surface area contributed by atoms with Gasteiger partial charge in [-0.15, -0.1) is 5.10 Å². The average Bonchev–Trinajstić information content (AvgIpc) is 2.96. The number of hydrogen-bond acceptors (Lipinski definition) is 4. The number of esters is 1. The number of rotatable bonds is 3. The molecule has 0 saturated heterocycles. The second-order valence-corrected chi connectivity index (χ2v) is 4.99. The molecule has 1 aliphatic carbocycles. The highest BCUT2D eigenvalue weighted by atomic mass is 16.5. The van der Waals surface area contributed by atoms with Gasteiger partial charge in [0.1, 0.15) is 5.52 Å². The van der Waals surface area contributed by atoms with Crippen LogP contribution in [-0.4, -0.2) is 27.6 Å². The Balaban J connectivity index is 1.76. The van der Waals surface area contributed by atoms with Gasteiger partial charge in [-0.25, -0.2) is 9.48 Å². The van der Waals surface area contributed by atoms with Gasteiger partial charge < -0.3 is 4.74 Å². The summed E-state index contributed by atoms with van der Waals surface area (Å²) in [6.07, 6.45) is 1.16. The maximum absolute atomic E-state index is 11.9. The molecule has 1 fully saturated rings. The van der Waals surface area contributed by atoms with E-state index in [0.29, 0.717) is 24.0 Å². The third-order valence-electron chi connectivity index (χ3n) is 3.55. The standard InChI is InChI=1S/C13H15N3O2/c1-8-5-10(8)7-18-13(17)9-3-4-11-12(6-9)16(2)15-14-11/h3-4,6,8,10H,5,7H2,1-2H3/t8-,10+/m0/s1. The first-order valence-corrected chi connectivity index (χ1v) is 6.11. The lowest BCUT2D eigenvalue weighted by molar-refractivity contribution is 0.0481. The van der Waals surface area contributed by atoms with Crippen LogP contribution in [0.25, 0.3) is 11.0 Å². The lowest BCUT2D eigenvalue weighted by Gasteiger charge is -2.04. The molecular formula is C13H15N3O2. The van der Waals surface area contributed by atoms with Gasteiger partial charge in [0.2, 0.25) is 0 Å². The van der Waals surface area contributed by atoms with E-state index in [2.05, 4.69) is 17.2 Å². The monoisotopic (exact) mass is 245 g/mol. The predicted octanol–water partition coefficient (Wildman–Crippen LogP) is 1.78. The Hall–Kier alpha value is -1.91. The molecule has 94 valence electrons. The van der Waals surface area contributed by atoms with Gasteiger partial charge in [-0.2, -0.15) is 0 Å². The fraction of sp³-hybridized carbons (Fsp3) is 0.462. The molecule has 5 heteroatoms. The van der Waals surface area contributed by atoms with Gasteiger partial charge in [0.15, 0.2) is 0 Å². The smallest absolute Gasteiger partial charge is 0.338 e. The summed E-state index contributed by atoms with van der Waals surface area (Å²) in [5.74, 6) is 0.981. The molecule has 2 aromatic rings. The number of aryl methyl sites for hydroxylation is 1. The third-order valence-corrected chi connectivity index (χ3v) is 3.55. The minimum Gasteiger partial charge on any atom is -0.462 e. The van der Waals surface area contributed by atoms with E-state index in [0.717, 1.165) is 17.5 Å². The second kappa shape index (κ2) is 4.08. The van der Waals surface area contributed by atoms with Crippen LogP contribution in [0, 0.1) is 11.8 Å². The van der Waals surface area contributed by atoms with Gasteiger partial charge in [0.25, 0.3) is 0 Å². The van der Waals surface area contributed by atoms with Crippen LogP contribution < -0.4 is 0 Å². The van der Waals surface area contributed by atoms with E-state index in [1.807, 2.05) is 0 Å². The summed E-state index contributed by atoms with van der Waals surface area (Å²) in [6.45, 7) is 2.70. The number of carbonyl (C=O) groups excluding carboxylic acids is 1. The summed E-state index contributed by atoms with van der Waals surface area (Å²) in [7, 11) is 1.80. The molecule has 0 amide bonds. The fourth-order valence-electron chi connectivity index (χ4n) is 2.05. The number of ether oxygens (including phenoxy) is 1. The molecule has 0 aliphatic heterocycles. The number of aromatic nitrogens is 3. The van der Waals surface area contributed by atoms with Crippen LogP contribution in [-0.2, 0) is 11.8 Å². The first-order valence-electron chi connectivity index (χ1n) is 6.11. The van der Waals surface area contributed by atoms with Crippen molar-refractivity contribution >= 4 is 17.0 Å². The average molecular weight is 245 g/mol. The van der Waals surface area contributed by atoms with E-state index in [9.17, 15) is 4.79 Å². The van der Waals surface area contributed by atoms with E-state index in [4.69, 9.17) is 4.74 Å². The lowest BCUT2D eigenvalue weighted by atomic mass is 10.2. The van der Waals surface area contributed by atoms with Crippen molar-refractivity contribution in [3.05, 3.63) is 23.8 Å². The minimum atomic E-state index is -0.266. The molecule has 1 aromatic carbocycles. The topological polar surface area (TPSA) is 57.0 Å². The number of hydrogen-bond donors (Lipinski definition) is 0. The summed E-state index contributed by atoms with van der Waals surface area (Å²) in [5, 5.41) is 7.88. The molecule has 1 aromatic heterocycles. The van der Waals surface area contributed by atoms with Gasteiger partial charge >= 0.3 is 5.97 Å². The minimum absolute atomic E-state index is 0.266. The zero-order chi connectivity index (χ0) is 12.7. The Bertz CT molecular complexity index is 605. The highest BCUT2D eigenvalue weighted by Crippen LogP contribution is 2.37. The van der Waals surface area contributed by atoms with Gasteiger partial charge in [0, 0.05) is 7.05 Å². The van der Waals surface area contributed by atoms with E-state index in [-0.39, 0.29) is 5.97 Å². The van der Waals surface area contributed by atoms with Crippen molar-refractivity contribution in [3.8, 4) is 0 Å². The Morgan fingerprint density at radius 2 is 2.33 bits per heavy atom. The van der Waals surface area contributed by atoms with E-state index < -0.39 is 0 Å². The van der Waals surface area contributed by atoms with Crippen LogP contribution in [0.4, 0.5) is 0 Å². The van der Waals surface area contributed by atoms with Crippen molar-refractivity contribution in [2.24, 2.45) is 18.9 Å². The van der Waals surface area contributed by atoms with Crippen LogP contribution in [0.2, 0.25) is 0 Å². The maximum atomic E-state index is 11.9. The van der Waals surface area contributed by atoms with E-state index >= 15 is 0 Å². The molecule has 3 rings (SSSR count). The molecule has 18 heavy (non-hydrogen) atoms. The van der Waals surface area contributed by atoms with Crippen molar-refractivity contribution in [1.82, 2.24) is 15.0 Å². The SMILES string of the molecule is C[C@H]1C[C@@H]1COC(=O)c1ccc2nnn(C)c2c1. The Kier molecular flexibility index (Phi) is 2.54. The maximum Gasteiger partial charge on any atom is 0.338 e. The van der Waals surface area contributed by atoms with Crippen LogP contribution >= 0.6 is 0 Å². The lowest BCUT2D eigenvalue weighted by Crippen LogP contribution is -2.08. The van der Waals surface area contributed by atoms with Gasteiger partial charge in [0.05, 0.1) is 17.7 Å². The van der Waals surface area contributed by atoms with Crippen molar-refractivity contribution in [2.45, 2.75) is 13.3 Å². The van der Waals surface area contributed by atoms with E-state index in [1.54, 1.807) is 29.9 Å². The Labute approximate surface area is 105 Å². The Morgan fingerprint density at radius 3 is 3.06 bits per heavy atom. The summed E-state index contributed by atoms with van der Waals surface area (Å²) in [6, 6.07) is 5.29. The van der Waals surface area contributed by atoms with Crippen LogP contribution in [0.1, 0.15) is 23.7 Å². The summed E-state index contributed by atoms with van der Waals surface area (Å²) in [5.41, 5.74) is 2.18. The summed E-state index contributed by atoms with van der Waals surface area (Å²) < 4.78 is 6.95. The molecule has 5 nitrogen and oxygen atoms in total. The molecule has 0 spiro atoms. The van der Waals surface area contributed by atoms with Crippen molar-refractivity contribution in [3.63, 3.8) is 0 Å². The van der Waals surface area contributed by atoms with Crippen LogP contribution in [0.15, 0.2) is 18.2 Å². The summed E-state index contributed by atoms with van der Waals surface area (Å²) in [4.78, 5) is 11.9. The van der Waals surface area contributed by atoms with Gasteiger partial charge in [-0.05, 0) is 36.5 Å². The molecular weight excluding hydrogens is 230 g/mol. The molecule has 0 bridgehead atoms. The third kappa shape index (κ3) is 1.96.